The first kappa shape index (κ1) is 14.8. The zero-order chi connectivity index (χ0) is 14.5. The van der Waals surface area contributed by atoms with Gasteiger partial charge >= 0.3 is 5.97 Å². The lowest BCUT2D eigenvalue weighted by Crippen LogP contribution is -2.39. The highest BCUT2D eigenvalue weighted by Gasteiger charge is 2.30. The summed E-state index contributed by atoms with van der Waals surface area (Å²) >= 11 is 0. The van der Waals surface area contributed by atoms with E-state index in [1.165, 1.54) is 17.7 Å². The summed E-state index contributed by atoms with van der Waals surface area (Å²) in [6.45, 7) is 0.707. The van der Waals surface area contributed by atoms with Gasteiger partial charge in [-0.3, -0.25) is 14.4 Å². The second kappa shape index (κ2) is 6.72. The van der Waals surface area contributed by atoms with Crippen LogP contribution in [0.5, 0.6) is 0 Å². The van der Waals surface area contributed by atoms with Crippen molar-refractivity contribution in [2.75, 3.05) is 19.6 Å². The maximum atomic E-state index is 11.9. The third-order valence-corrected chi connectivity index (χ3v) is 4.28. The molecule has 1 aliphatic carbocycles. The van der Waals surface area contributed by atoms with Crippen LogP contribution in [-0.2, 0) is 14.4 Å². The van der Waals surface area contributed by atoms with Crippen molar-refractivity contribution in [3.05, 3.63) is 0 Å². The fourth-order valence-corrected chi connectivity index (χ4v) is 3.02. The van der Waals surface area contributed by atoms with Crippen LogP contribution in [-0.4, -0.2) is 47.4 Å². The fourth-order valence-electron chi connectivity index (χ4n) is 3.02. The highest BCUT2D eigenvalue weighted by atomic mass is 16.4. The van der Waals surface area contributed by atoms with E-state index >= 15 is 0 Å². The van der Waals surface area contributed by atoms with Gasteiger partial charge < -0.3 is 15.3 Å². The summed E-state index contributed by atoms with van der Waals surface area (Å²) in [6, 6.07) is 0. The summed E-state index contributed by atoms with van der Waals surface area (Å²) < 4.78 is 0. The van der Waals surface area contributed by atoms with Crippen molar-refractivity contribution in [1.29, 1.82) is 0 Å². The van der Waals surface area contributed by atoms with E-state index in [-0.39, 0.29) is 24.9 Å². The van der Waals surface area contributed by atoms with Crippen LogP contribution in [0.2, 0.25) is 0 Å². The number of amides is 2. The Kier molecular flexibility index (Phi) is 4.98. The molecular formula is C14H22N2O4. The second-order valence-electron chi connectivity index (χ2n) is 5.79. The first-order valence-corrected chi connectivity index (χ1v) is 7.33. The highest BCUT2D eigenvalue weighted by Crippen LogP contribution is 2.27. The van der Waals surface area contributed by atoms with E-state index in [4.69, 9.17) is 5.11 Å². The Labute approximate surface area is 118 Å². The van der Waals surface area contributed by atoms with Gasteiger partial charge in [-0.15, -0.1) is 0 Å². The number of likely N-dealkylation sites (tertiary alicyclic amines) is 1. The van der Waals surface area contributed by atoms with Crippen LogP contribution in [0.25, 0.3) is 0 Å². The molecule has 2 fully saturated rings. The average molecular weight is 282 g/mol. The maximum Gasteiger partial charge on any atom is 0.308 e. The predicted molar refractivity (Wildman–Crippen MR) is 71.9 cm³/mol. The monoisotopic (exact) mass is 282 g/mol. The summed E-state index contributed by atoms with van der Waals surface area (Å²) in [4.78, 5) is 35.9. The number of aliphatic carboxylic acids is 1. The molecule has 2 N–H and O–H groups in total. The van der Waals surface area contributed by atoms with Crippen molar-refractivity contribution in [1.82, 2.24) is 10.2 Å². The first-order valence-electron chi connectivity index (χ1n) is 7.33. The Morgan fingerprint density at radius 2 is 1.85 bits per heavy atom. The molecule has 6 nitrogen and oxygen atoms in total. The number of nitrogens with one attached hydrogen (secondary N) is 1. The number of rotatable bonds is 5. The highest BCUT2D eigenvalue weighted by molar-refractivity contribution is 5.85. The SMILES string of the molecule is O=C(CC1CCCC1)NCC(=O)N1CCC(C(=O)O)C1. The minimum atomic E-state index is -0.856. The number of carboxylic acid groups (broad SMARTS) is 1. The number of carboxylic acids is 1. The van der Waals surface area contributed by atoms with Gasteiger partial charge in [0.2, 0.25) is 11.8 Å². The largest absolute Gasteiger partial charge is 0.481 e. The molecule has 0 aromatic rings. The van der Waals surface area contributed by atoms with Crippen molar-refractivity contribution in [3.8, 4) is 0 Å². The average Bonchev–Trinajstić information content (AvgIpc) is 3.06. The van der Waals surface area contributed by atoms with Crippen LogP contribution in [0.4, 0.5) is 0 Å². The van der Waals surface area contributed by atoms with Gasteiger partial charge in [0, 0.05) is 19.5 Å². The molecule has 1 heterocycles. The Bertz CT molecular complexity index is 391. The molecule has 0 spiro atoms. The Morgan fingerprint density at radius 3 is 2.45 bits per heavy atom. The number of carbonyl (C=O) groups excluding carboxylic acids is 2. The number of hydrogen-bond donors (Lipinski definition) is 2. The molecule has 2 amide bonds. The van der Waals surface area contributed by atoms with Crippen LogP contribution in [0, 0.1) is 11.8 Å². The third kappa shape index (κ3) is 3.95. The van der Waals surface area contributed by atoms with Gasteiger partial charge in [0.1, 0.15) is 0 Å². The van der Waals surface area contributed by atoms with Crippen molar-refractivity contribution >= 4 is 17.8 Å². The van der Waals surface area contributed by atoms with Crippen LogP contribution in [0.15, 0.2) is 0 Å². The van der Waals surface area contributed by atoms with Crippen LogP contribution >= 0.6 is 0 Å². The molecule has 2 aliphatic rings. The molecule has 20 heavy (non-hydrogen) atoms. The summed E-state index contributed by atoms with van der Waals surface area (Å²) in [5.41, 5.74) is 0. The van der Waals surface area contributed by atoms with Crippen LogP contribution in [0.1, 0.15) is 38.5 Å². The van der Waals surface area contributed by atoms with E-state index in [1.54, 1.807) is 0 Å². The molecule has 6 heteroatoms. The van der Waals surface area contributed by atoms with Gasteiger partial charge in [-0.2, -0.15) is 0 Å². The lowest BCUT2D eigenvalue weighted by molar-refractivity contribution is -0.141. The molecule has 112 valence electrons. The van der Waals surface area contributed by atoms with E-state index in [0.29, 0.717) is 25.3 Å². The second-order valence-corrected chi connectivity index (χ2v) is 5.79. The van der Waals surface area contributed by atoms with Crippen molar-refractivity contribution in [2.24, 2.45) is 11.8 Å². The van der Waals surface area contributed by atoms with Gasteiger partial charge in [0.25, 0.3) is 0 Å². The maximum absolute atomic E-state index is 11.9. The Balaban J connectivity index is 1.67. The minimum Gasteiger partial charge on any atom is -0.481 e. The molecule has 2 rings (SSSR count). The molecular weight excluding hydrogens is 260 g/mol. The summed E-state index contributed by atoms with van der Waals surface area (Å²) in [5.74, 6) is -1.11. The van der Waals surface area contributed by atoms with Crippen molar-refractivity contribution in [2.45, 2.75) is 38.5 Å². The fraction of sp³-hybridized carbons (Fsp3) is 0.786. The summed E-state index contributed by atoms with van der Waals surface area (Å²) in [6.07, 6.45) is 5.60. The quantitative estimate of drug-likeness (QED) is 0.773. The zero-order valence-electron chi connectivity index (χ0n) is 11.6. The number of carbonyl (C=O) groups is 3. The first-order chi connectivity index (χ1) is 9.56. The number of hydrogen-bond acceptors (Lipinski definition) is 3. The minimum absolute atomic E-state index is 0.0160. The Morgan fingerprint density at radius 1 is 1.15 bits per heavy atom. The van der Waals surface area contributed by atoms with Gasteiger partial charge in [0.15, 0.2) is 0 Å². The van der Waals surface area contributed by atoms with Crippen LogP contribution < -0.4 is 5.32 Å². The van der Waals surface area contributed by atoms with Crippen molar-refractivity contribution in [3.63, 3.8) is 0 Å². The topological polar surface area (TPSA) is 86.7 Å². The van der Waals surface area contributed by atoms with E-state index < -0.39 is 11.9 Å². The molecule has 0 aromatic carbocycles. The lowest BCUT2D eigenvalue weighted by atomic mass is 10.0. The van der Waals surface area contributed by atoms with Gasteiger partial charge in [-0.1, -0.05) is 12.8 Å². The van der Waals surface area contributed by atoms with E-state index in [1.807, 2.05) is 0 Å². The van der Waals surface area contributed by atoms with Crippen molar-refractivity contribution < 1.29 is 19.5 Å². The molecule has 0 bridgehead atoms. The lowest BCUT2D eigenvalue weighted by Gasteiger charge is -2.16. The predicted octanol–water partition coefficient (Wildman–Crippen LogP) is 0.616. The van der Waals surface area contributed by atoms with Crippen LogP contribution in [0.3, 0.4) is 0 Å². The van der Waals surface area contributed by atoms with Gasteiger partial charge in [-0.05, 0) is 25.2 Å². The molecule has 0 aromatic heterocycles. The molecule has 1 unspecified atom stereocenters. The molecule has 1 aliphatic heterocycles. The number of nitrogens with zero attached hydrogens (tertiary/aromatic N) is 1. The smallest absolute Gasteiger partial charge is 0.308 e. The molecule has 0 radical (unpaired) electrons. The van der Waals surface area contributed by atoms with E-state index in [2.05, 4.69) is 5.32 Å². The third-order valence-electron chi connectivity index (χ3n) is 4.28. The van der Waals surface area contributed by atoms with Gasteiger partial charge in [0.05, 0.1) is 12.5 Å². The Hall–Kier alpha value is -1.59. The molecule has 1 atom stereocenters. The summed E-state index contributed by atoms with van der Waals surface area (Å²) in [5, 5.41) is 11.5. The zero-order valence-corrected chi connectivity index (χ0v) is 11.6. The normalized spacial score (nSPS) is 23.0. The van der Waals surface area contributed by atoms with E-state index in [0.717, 1.165) is 12.8 Å². The molecule has 1 saturated carbocycles. The van der Waals surface area contributed by atoms with E-state index in [9.17, 15) is 14.4 Å². The summed E-state index contributed by atoms with van der Waals surface area (Å²) in [7, 11) is 0. The molecule has 1 saturated heterocycles. The standard InChI is InChI=1S/C14H22N2O4/c17-12(7-10-3-1-2-4-10)15-8-13(18)16-6-5-11(9-16)14(19)20/h10-11H,1-9H2,(H,15,17)(H,19,20). The van der Waals surface area contributed by atoms with Gasteiger partial charge in [-0.25, -0.2) is 0 Å².